The van der Waals surface area contributed by atoms with Gasteiger partial charge in [-0.15, -0.1) is 6.58 Å². The summed E-state index contributed by atoms with van der Waals surface area (Å²) in [6, 6.07) is 25.6. The fourth-order valence-electron chi connectivity index (χ4n) is 4.40. The number of nitrogens with zero attached hydrogens (tertiary/aromatic N) is 3. The number of benzene rings is 3. The monoisotopic (exact) mass is 450 g/mol. The molecule has 1 atom stereocenters. The Morgan fingerprint density at radius 2 is 1.71 bits per heavy atom. The topological polar surface area (TPSA) is 59.4 Å². The SMILES string of the molecule is C=CCN1C(=O)c2ccccc2N[C@H]1c1cn(Cc2ccccc2)nc1-c1ccccc1OC. The summed E-state index contributed by atoms with van der Waals surface area (Å²) >= 11 is 0. The van der Waals surface area contributed by atoms with Gasteiger partial charge in [0.05, 0.1) is 19.2 Å². The fourth-order valence-corrected chi connectivity index (χ4v) is 4.40. The van der Waals surface area contributed by atoms with Gasteiger partial charge < -0.3 is 15.0 Å². The molecule has 0 radical (unpaired) electrons. The summed E-state index contributed by atoms with van der Waals surface area (Å²) < 4.78 is 7.58. The van der Waals surface area contributed by atoms with Crippen LogP contribution in [0, 0.1) is 0 Å². The molecule has 1 N–H and O–H groups in total. The molecule has 34 heavy (non-hydrogen) atoms. The second kappa shape index (κ2) is 9.27. The van der Waals surface area contributed by atoms with Crippen molar-refractivity contribution < 1.29 is 9.53 Å². The van der Waals surface area contributed by atoms with Crippen molar-refractivity contribution in [2.45, 2.75) is 12.7 Å². The highest BCUT2D eigenvalue weighted by atomic mass is 16.5. The van der Waals surface area contributed by atoms with Crippen LogP contribution in [0.1, 0.15) is 27.7 Å². The minimum atomic E-state index is -0.412. The molecule has 6 nitrogen and oxygen atoms in total. The van der Waals surface area contributed by atoms with Gasteiger partial charge in [0.15, 0.2) is 0 Å². The molecule has 1 aliphatic rings. The molecule has 1 aliphatic heterocycles. The number of methoxy groups -OCH3 is 1. The van der Waals surface area contributed by atoms with Gasteiger partial charge in [-0.3, -0.25) is 9.48 Å². The normalized spacial score (nSPS) is 14.9. The Bertz CT molecular complexity index is 1330. The van der Waals surface area contributed by atoms with Crippen molar-refractivity contribution in [1.29, 1.82) is 0 Å². The molecule has 0 saturated carbocycles. The van der Waals surface area contributed by atoms with Crippen LogP contribution in [0.25, 0.3) is 11.3 Å². The van der Waals surface area contributed by atoms with E-state index in [1.165, 1.54) is 0 Å². The predicted octanol–water partition coefficient (Wildman–Crippen LogP) is 5.36. The van der Waals surface area contributed by atoms with Crippen molar-refractivity contribution in [2.24, 2.45) is 0 Å². The van der Waals surface area contributed by atoms with Crippen LogP contribution in [0.4, 0.5) is 5.69 Å². The fraction of sp³-hybridized carbons (Fsp3) is 0.143. The number of nitrogens with one attached hydrogen (secondary N) is 1. The van der Waals surface area contributed by atoms with E-state index in [1.807, 2.05) is 77.6 Å². The van der Waals surface area contributed by atoms with Gasteiger partial charge in [0.2, 0.25) is 0 Å². The van der Waals surface area contributed by atoms with Gasteiger partial charge in [0, 0.05) is 29.6 Å². The first-order valence-corrected chi connectivity index (χ1v) is 11.2. The van der Waals surface area contributed by atoms with Crippen LogP contribution in [0.3, 0.4) is 0 Å². The van der Waals surface area contributed by atoms with Gasteiger partial charge in [0.1, 0.15) is 17.6 Å². The summed E-state index contributed by atoms with van der Waals surface area (Å²) in [5, 5.41) is 8.53. The Morgan fingerprint density at radius 1 is 1.00 bits per heavy atom. The van der Waals surface area contributed by atoms with Gasteiger partial charge in [0.25, 0.3) is 5.91 Å². The highest BCUT2D eigenvalue weighted by Gasteiger charge is 2.35. The minimum absolute atomic E-state index is 0.0407. The highest BCUT2D eigenvalue weighted by molar-refractivity contribution is 6.02. The summed E-state index contributed by atoms with van der Waals surface area (Å²) in [4.78, 5) is 15.2. The van der Waals surface area contributed by atoms with Crippen molar-refractivity contribution in [3.05, 3.63) is 114 Å². The lowest BCUT2D eigenvalue weighted by molar-refractivity contribution is 0.0708. The quantitative estimate of drug-likeness (QED) is 0.385. The third-order valence-corrected chi connectivity index (χ3v) is 5.98. The number of carbonyl (C=O) groups excluding carboxylic acids is 1. The van der Waals surface area contributed by atoms with E-state index in [4.69, 9.17) is 9.84 Å². The van der Waals surface area contributed by atoms with Crippen molar-refractivity contribution in [3.8, 4) is 17.0 Å². The molecule has 2 heterocycles. The van der Waals surface area contributed by atoms with Gasteiger partial charge in [-0.2, -0.15) is 5.10 Å². The van der Waals surface area contributed by atoms with Crippen molar-refractivity contribution in [2.75, 3.05) is 19.0 Å². The van der Waals surface area contributed by atoms with Crippen molar-refractivity contribution >= 4 is 11.6 Å². The zero-order valence-electron chi connectivity index (χ0n) is 19.0. The molecule has 1 aromatic heterocycles. The third-order valence-electron chi connectivity index (χ3n) is 5.98. The molecule has 0 fully saturated rings. The third kappa shape index (κ3) is 3.94. The summed E-state index contributed by atoms with van der Waals surface area (Å²) in [6.45, 7) is 4.90. The zero-order valence-corrected chi connectivity index (χ0v) is 19.0. The molecule has 0 bridgehead atoms. The predicted molar refractivity (Wildman–Crippen MR) is 134 cm³/mol. The first kappa shape index (κ1) is 21.5. The lowest BCUT2D eigenvalue weighted by atomic mass is 10.0. The average molecular weight is 451 g/mol. The number of amides is 1. The molecule has 170 valence electrons. The molecule has 3 aromatic carbocycles. The molecular formula is C28H26N4O2. The van der Waals surface area contributed by atoms with Gasteiger partial charge in [-0.1, -0.05) is 60.7 Å². The van der Waals surface area contributed by atoms with Crippen molar-refractivity contribution in [1.82, 2.24) is 14.7 Å². The van der Waals surface area contributed by atoms with Crippen LogP contribution in [0.2, 0.25) is 0 Å². The Labute approximate surface area is 199 Å². The van der Waals surface area contributed by atoms with Crippen LogP contribution < -0.4 is 10.1 Å². The molecular weight excluding hydrogens is 424 g/mol. The number of aromatic nitrogens is 2. The first-order valence-electron chi connectivity index (χ1n) is 11.2. The first-order chi connectivity index (χ1) is 16.7. The highest BCUT2D eigenvalue weighted by Crippen LogP contribution is 2.39. The summed E-state index contributed by atoms with van der Waals surface area (Å²) in [7, 11) is 1.65. The molecule has 1 amide bonds. The lowest BCUT2D eigenvalue weighted by Gasteiger charge is -2.37. The van der Waals surface area contributed by atoms with Crippen LogP contribution in [0.15, 0.2) is 97.7 Å². The molecule has 0 saturated heterocycles. The average Bonchev–Trinajstić information content (AvgIpc) is 3.29. The maximum Gasteiger partial charge on any atom is 0.258 e. The number of para-hydroxylation sites is 2. The van der Waals surface area contributed by atoms with Gasteiger partial charge in [-0.25, -0.2) is 0 Å². The van der Waals surface area contributed by atoms with E-state index in [9.17, 15) is 4.79 Å². The second-order valence-electron chi connectivity index (χ2n) is 8.16. The molecule has 0 aliphatic carbocycles. The second-order valence-corrected chi connectivity index (χ2v) is 8.16. The Hall–Kier alpha value is -4.32. The number of hydrogen-bond donors (Lipinski definition) is 1. The molecule has 0 spiro atoms. The maximum atomic E-state index is 13.4. The van der Waals surface area contributed by atoms with E-state index in [1.54, 1.807) is 18.1 Å². The van der Waals surface area contributed by atoms with Crippen LogP contribution in [-0.4, -0.2) is 34.2 Å². The Morgan fingerprint density at radius 3 is 2.47 bits per heavy atom. The Balaban J connectivity index is 1.65. The summed E-state index contributed by atoms with van der Waals surface area (Å²) in [5.74, 6) is 0.688. The van der Waals surface area contributed by atoms with Crippen LogP contribution in [0.5, 0.6) is 5.75 Å². The van der Waals surface area contributed by atoms with Gasteiger partial charge >= 0.3 is 0 Å². The largest absolute Gasteiger partial charge is 0.496 e. The van der Waals surface area contributed by atoms with Crippen LogP contribution >= 0.6 is 0 Å². The molecule has 4 aromatic rings. The van der Waals surface area contributed by atoms with E-state index in [0.717, 1.165) is 33.8 Å². The van der Waals surface area contributed by atoms with E-state index in [-0.39, 0.29) is 5.91 Å². The van der Waals surface area contributed by atoms with Crippen molar-refractivity contribution in [3.63, 3.8) is 0 Å². The number of hydrogen-bond acceptors (Lipinski definition) is 4. The molecule has 0 unspecified atom stereocenters. The molecule has 5 rings (SSSR count). The minimum Gasteiger partial charge on any atom is -0.496 e. The van der Waals surface area contributed by atoms with E-state index >= 15 is 0 Å². The number of ether oxygens (including phenoxy) is 1. The molecule has 6 heteroatoms. The number of fused-ring (bicyclic) bond motifs is 1. The zero-order chi connectivity index (χ0) is 23.5. The van der Waals surface area contributed by atoms with E-state index in [0.29, 0.717) is 18.7 Å². The maximum absolute atomic E-state index is 13.4. The van der Waals surface area contributed by atoms with E-state index < -0.39 is 6.17 Å². The van der Waals surface area contributed by atoms with Crippen LogP contribution in [-0.2, 0) is 6.54 Å². The standard InChI is InChI=1S/C28H26N4O2/c1-3-17-32-27(29-24-15-9-7-13-21(24)28(32)33)23-19-31(18-20-11-5-4-6-12-20)30-26(23)22-14-8-10-16-25(22)34-2/h3-16,19,27,29H,1,17-18H2,2H3/t27-/m1/s1. The number of rotatable bonds is 7. The summed E-state index contributed by atoms with van der Waals surface area (Å²) in [6.07, 6.45) is 3.35. The smallest absolute Gasteiger partial charge is 0.258 e. The number of carbonyl (C=O) groups is 1. The lowest BCUT2D eigenvalue weighted by Crippen LogP contribution is -2.43. The van der Waals surface area contributed by atoms with Gasteiger partial charge in [-0.05, 0) is 29.8 Å². The number of anilines is 1. The summed E-state index contributed by atoms with van der Waals surface area (Å²) in [5.41, 5.74) is 5.13. The van der Waals surface area contributed by atoms with E-state index in [2.05, 4.69) is 24.0 Å². The Kier molecular flexibility index (Phi) is 5.87.